The molecule has 2 heterocycles. The molecule has 7 nitrogen and oxygen atoms in total. The second kappa shape index (κ2) is 6.99. The van der Waals surface area contributed by atoms with Gasteiger partial charge in [-0.1, -0.05) is 12.1 Å². The van der Waals surface area contributed by atoms with Gasteiger partial charge in [-0.25, -0.2) is 9.78 Å². The molecule has 0 radical (unpaired) electrons. The number of nitrogens with zero attached hydrogens (tertiary/aromatic N) is 2. The zero-order chi connectivity index (χ0) is 16.9. The molecule has 0 spiro atoms. The molecule has 0 aliphatic rings. The number of carbonyl (C=O) groups is 1. The lowest BCUT2D eigenvalue weighted by molar-refractivity contribution is 0.252. The summed E-state index contributed by atoms with van der Waals surface area (Å²) in [6.45, 7) is 2.43. The van der Waals surface area contributed by atoms with Crippen LogP contribution >= 0.6 is 0 Å². The molecule has 0 bridgehead atoms. The van der Waals surface area contributed by atoms with E-state index in [0.717, 1.165) is 28.8 Å². The zero-order valence-electron chi connectivity index (χ0n) is 13.6. The van der Waals surface area contributed by atoms with Crippen LogP contribution in [0.3, 0.4) is 0 Å². The Morgan fingerprint density at radius 3 is 2.75 bits per heavy atom. The van der Waals surface area contributed by atoms with E-state index in [9.17, 15) is 4.79 Å². The fourth-order valence-electron chi connectivity index (χ4n) is 2.36. The van der Waals surface area contributed by atoms with Crippen LogP contribution in [-0.4, -0.2) is 34.9 Å². The first-order chi connectivity index (χ1) is 11.7. The summed E-state index contributed by atoms with van der Waals surface area (Å²) in [6.07, 6.45) is 0.736. The first kappa shape index (κ1) is 15.8. The molecule has 2 aromatic heterocycles. The van der Waals surface area contributed by atoms with Gasteiger partial charge in [0, 0.05) is 12.2 Å². The third kappa shape index (κ3) is 3.62. The maximum absolute atomic E-state index is 12.0. The molecule has 0 aliphatic carbocycles. The highest BCUT2D eigenvalue weighted by Crippen LogP contribution is 2.18. The van der Waals surface area contributed by atoms with Gasteiger partial charge in [-0.3, -0.25) is 10.4 Å². The predicted octanol–water partition coefficient (Wildman–Crippen LogP) is 2.64. The lowest BCUT2D eigenvalue weighted by Gasteiger charge is -2.07. The van der Waals surface area contributed by atoms with Crippen molar-refractivity contribution < 1.29 is 9.53 Å². The van der Waals surface area contributed by atoms with Crippen molar-refractivity contribution in [2.24, 2.45) is 0 Å². The summed E-state index contributed by atoms with van der Waals surface area (Å²) in [4.78, 5) is 16.3. The predicted molar refractivity (Wildman–Crippen MR) is 92.3 cm³/mol. The number of aromatic nitrogens is 3. The van der Waals surface area contributed by atoms with Crippen LogP contribution < -0.4 is 15.4 Å². The van der Waals surface area contributed by atoms with Crippen LogP contribution in [0.2, 0.25) is 0 Å². The molecule has 124 valence electrons. The number of aromatic amines is 1. The Kier molecular flexibility index (Phi) is 4.60. The Bertz CT molecular complexity index is 842. The molecule has 3 aromatic rings. The van der Waals surface area contributed by atoms with Crippen LogP contribution in [0.25, 0.3) is 11.0 Å². The Morgan fingerprint density at radius 2 is 2.00 bits per heavy atom. The Morgan fingerprint density at radius 1 is 1.21 bits per heavy atom. The molecule has 1 aromatic carbocycles. The standard InChI is InChI=1S/C17H19N5O2/c1-11-3-8-14-15(19-11)21-22-16(14)20-17(23)18-10-9-12-4-6-13(24-2)7-5-12/h3-8H,9-10H2,1-2H3,(H3,18,19,20,21,22,23). The molecule has 7 heteroatoms. The van der Waals surface area contributed by atoms with Crippen molar-refractivity contribution in [2.45, 2.75) is 13.3 Å². The van der Waals surface area contributed by atoms with Gasteiger partial charge in [0.25, 0.3) is 0 Å². The van der Waals surface area contributed by atoms with Crippen LogP contribution in [0, 0.1) is 6.92 Å². The summed E-state index contributed by atoms with van der Waals surface area (Å²) in [6, 6.07) is 11.2. The average Bonchev–Trinajstić information content (AvgIpc) is 2.97. The van der Waals surface area contributed by atoms with Crippen LogP contribution in [0.5, 0.6) is 5.75 Å². The van der Waals surface area contributed by atoms with E-state index >= 15 is 0 Å². The second-order valence-electron chi connectivity index (χ2n) is 5.40. The van der Waals surface area contributed by atoms with Gasteiger partial charge in [0.05, 0.1) is 12.5 Å². The van der Waals surface area contributed by atoms with Crippen LogP contribution in [0.15, 0.2) is 36.4 Å². The fraction of sp³-hybridized carbons (Fsp3) is 0.235. The number of aryl methyl sites for hydroxylation is 1. The van der Waals surface area contributed by atoms with E-state index < -0.39 is 0 Å². The van der Waals surface area contributed by atoms with Gasteiger partial charge in [-0.05, 0) is 43.2 Å². The van der Waals surface area contributed by atoms with E-state index in [-0.39, 0.29) is 6.03 Å². The molecule has 0 fully saturated rings. The number of pyridine rings is 1. The van der Waals surface area contributed by atoms with Crippen molar-refractivity contribution in [3.8, 4) is 5.75 Å². The summed E-state index contributed by atoms with van der Waals surface area (Å²) >= 11 is 0. The van der Waals surface area contributed by atoms with Gasteiger partial charge in [-0.2, -0.15) is 5.10 Å². The number of hydrogen-bond donors (Lipinski definition) is 3. The maximum Gasteiger partial charge on any atom is 0.320 e. The molecular weight excluding hydrogens is 306 g/mol. The van der Waals surface area contributed by atoms with Gasteiger partial charge >= 0.3 is 6.03 Å². The Hall–Kier alpha value is -3.09. The van der Waals surface area contributed by atoms with Crippen molar-refractivity contribution in [1.29, 1.82) is 0 Å². The molecule has 0 atom stereocenters. The molecule has 0 saturated carbocycles. The Labute approximate surface area is 139 Å². The van der Waals surface area contributed by atoms with Gasteiger partial charge in [0.15, 0.2) is 11.5 Å². The van der Waals surface area contributed by atoms with Gasteiger partial charge in [-0.15, -0.1) is 0 Å². The second-order valence-corrected chi connectivity index (χ2v) is 5.40. The van der Waals surface area contributed by atoms with E-state index in [4.69, 9.17) is 4.74 Å². The van der Waals surface area contributed by atoms with Crippen LogP contribution in [0.1, 0.15) is 11.3 Å². The summed E-state index contributed by atoms with van der Waals surface area (Å²) in [7, 11) is 1.64. The summed E-state index contributed by atoms with van der Waals surface area (Å²) < 4.78 is 5.12. The molecule has 3 rings (SSSR count). The van der Waals surface area contributed by atoms with E-state index in [1.54, 1.807) is 7.11 Å². The number of fused-ring (bicyclic) bond motifs is 1. The third-order valence-electron chi connectivity index (χ3n) is 3.65. The number of amides is 2. The summed E-state index contributed by atoms with van der Waals surface area (Å²) in [5.41, 5.74) is 2.67. The van der Waals surface area contributed by atoms with E-state index in [1.807, 2.05) is 43.3 Å². The molecule has 0 aliphatic heterocycles. The lowest BCUT2D eigenvalue weighted by atomic mass is 10.1. The molecule has 0 unspecified atom stereocenters. The monoisotopic (exact) mass is 325 g/mol. The van der Waals surface area contributed by atoms with Crippen molar-refractivity contribution in [2.75, 3.05) is 19.0 Å². The lowest BCUT2D eigenvalue weighted by Crippen LogP contribution is -2.30. The van der Waals surface area contributed by atoms with Crippen LogP contribution in [0.4, 0.5) is 10.6 Å². The highest BCUT2D eigenvalue weighted by molar-refractivity contribution is 5.97. The van der Waals surface area contributed by atoms with Gasteiger partial charge in [0.2, 0.25) is 0 Å². The topological polar surface area (TPSA) is 91.9 Å². The zero-order valence-corrected chi connectivity index (χ0v) is 13.6. The number of benzene rings is 1. The fourth-order valence-corrected chi connectivity index (χ4v) is 2.36. The first-order valence-corrected chi connectivity index (χ1v) is 7.65. The molecular formula is C17H19N5O2. The smallest absolute Gasteiger partial charge is 0.320 e. The minimum Gasteiger partial charge on any atom is -0.497 e. The minimum atomic E-state index is -0.294. The number of H-pyrrole nitrogens is 1. The molecule has 24 heavy (non-hydrogen) atoms. The number of rotatable bonds is 5. The number of hydrogen-bond acceptors (Lipinski definition) is 4. The minimum absolute atomic E-state index is 0.294. The highest BCUT2D eigenvalue weighted by Gasteiger charge is 2.09. The number of methoxy groups -OCH3 is 1. The van der Waals surface area contributed by atoms with E-state index in [1.165, 1.54) is 0 Å². The number of carbonyl (C=O) groups excluding carboxylic acids is 1. The van der Waals surface area contributed by atoms with Crippen molar-refractivity contribution in [3.63, 3.8) is 0 Å². The number of ether oxygens (including phenoxy) is 1. The van der Waals surface area contributed by atoms with Gasteiger partial charge < -0.3 is 10.1 Å². The highest BCUT2D eigenvalue weighted by atomic mass is 16.5. The quantitative estimate of drug-likeness (QED) is 0.672. The van der Waals surface area contributed by atoms with Crippen molar-refractivity contribution >= 4 is 22.9 Å². The number of urea groups is 1. The summed E-state index contributed by atoms with van der Waals surface area (Å²) in [5, 5.41) is 13.2. The average molecular weight is 325 g/mol. The molecule has 3 N–H and O–H groups in total. The SMILES string of the molecule is COc1ccc(CCNC(=O)Nc2n[nH]c3nc(C)ccc23)cc1. The first-order valence-electron chi connectivity index (χ1n) is 7.65. The van der Waals surface area contributed by atoms with Gasteiger partial charge in [0.1, 0.15) is 5.75 Å². The van der Waals surface area contributed by atoms with Crippen LogP contribution in [-0.2, 0) is 6.42 Å². The normalized spacial score (nSPS) is 10.6. The maximum atomic E-state index is 12.0. The summed E-state index contributed by atoms with van der Waals surface area (Å²) in [5.74, 6) is 1.29. The molecule has 2 amide bonds. The van der Waals surface area contributed by atoms with Crippen molar-refractivity contribution in [3.05, 3.63) is 47.7 Å². The van der Waals surface area contributed by atoms with E-state index in [2.05, 4.69) is 25.8 Å². The number of anilines is 1. The Balaban J connectivity index is 1.53. The third-order valence-corrected chi connectivity index (χ3v) is 3.65. The number of nitrogens with one attached hydrogen (secondary N) is 3. The molecule has 0 saturated heterocycles. The van der Waals surface area contributed by atoms with E-state index in [0.29, 0.717) is 18.0 Å². The van der Waals surface area contributed by atoms with Crippen molar-refractivity contribution in [1.82, 2.24) is 20.5 Å². The largest absolute Gasteiger partial charge is 0.497 e.